The van der Waals surface area contributed by atoms with Gasteiger partial charge in [0.25, 0.3) is 5.91 Å². The number of hydrogen-bond donors (Lipinski definition) is 4. The quantitative estimate of drug-likeness (QED) is 0.202. The van der Waals surface area contributed by atoms with Crippen molar-refractivity contribution in [3.05, 3.63) is 114 Å². The smallest absolute Gasteiger partial charge is 0.256 e. The van der Waals surface area contributed by atoms with Crippen LogP contribution in [0.1, 0.15) is 21.5 Å². The molecule has 7 heteroatoms. The lowest BCUT2D eigenvalue weighted by Crippen LogP contribution is -2.13. The summed E-state index contributed by atoms with van der Waals surface area (Å²) in [6, 6.07) is 27.3. The van der Waals surface area contributed by atoms with Gasteiger partial charge < -0.3 is 21.3 Å². The second-order valence-corrected chi connectivity index (χ2v) is 8.82. The fourth-order valence-electron chi connectivity index (χ4n) is 4.16. The largest absolute Gasteiger partial charge is 0.355 e. The van der Waals surface area contributed by atoms with E-state index >= 15 is 0 Å². The van der Waals surface area contributed by atoms with Crippen molar-refractivity contribution in [2.45, 2.75) is 13.5 Å². The number of fused-ring (bicyclic) bond motifs is 1. The standard InChI is InChI=1S/C30H28N6O/c1-20-5-3-7-23(15-20)34-25-11-13-33-29(18-25)36-30(37)22-6-4-8-24(17-22)35-28-12-14-32-27-10-9-21(19-31-2)16-26(27)28/h3-18,31H,19H2,1-2H3,(H,32,35)(H2,33,34,36,37). The molecule has 0 aliphatic carbocycles. The molecule has 0 atom stereocenters. The number of anilines is 5. The molecule has 0 aliphatic rings. The van der Waals surface area contributed by atoms with Gasteiger partial charge >= 0.3 is 0 Å². The van der Waals surface area contributed by atoms with E-state index < -0.39 is 0 Å². The lowest BCUT2D eigenvalue weighted by atomic mass is 10.1. The summed E-state index contributed by atoms with van der Waals surface area (Å²) in [6.45, 7) is 2.82. The first kappa shape index (κ1) is 24.0. The van der Waals surface area contributed by atoms with Gasteiger partial charge in [-0.15, -0.1) is 0 Å². The second kappa shape index (κ2) is 10.9. The van der Waals surface area contributed by atoms with E-state index in [1.165, 1.54) is 11.1 Å². The Morgan fingerprint density at radius 3 is 2.41 bits per heavy atom. The van der Waals surface area contributed by atoms with Gasteiger partial charge in [0.05, 0.1) is 5.52 Å². The summed E-state index contributed by atoms with van der Waals surface area (Å²) in [7, 11) is 1.93. The molecule has 0 spiro atoms. The normalized spacial score (nSPS) is 10.8. The zero-order chi connectivity index (χ0) is 25.6. The summed E-state index contributed by atoms with van der Waals surface area (Å²) < 4.78 is 0. The molecular formula is C30H28N6O. The van der Waals surface area contributed by atoms with Crippen molar-refractivity contribution in [3.63, 3.8) is 0 Å². The third kappa shape index (κ3) is 5.91. The minimum Gasteiger partial charge on any atom is -0.355 e. The molecule has 0 aliphatic heterocycles. The van der Waals surface area contributed by atoms with Crippen molar-refractivity contribution in [1.82, 2.24) is 15.3 Å². The molecule has 0 bridgehead atoms. The number of nitrogens with one attached hydrogen (secondary N) is 4. The SMILES string of the molecule is CNCc1ccc2nccc(Nc3cccc(C(=O)Nc4cc(Nc5cccc(C)c5)ccn4)c3)c2c1. The predicted molar refractivity (Wildman–Crippen MR) is 151 cm³/mol. The van der Waals surface area contributed by atoms with Gasteiger partial charge in [-0.3, -0.25) is 9.78 Å². The minimum atomic E-state index is -0.236. The Kier molecular flexibility index (Phi) is 7.05. The zero-order valence-corrected chi connectivity index (χ0v) is 20.7. The van der Waals surface area contributed by atoms with Crippen molar-refractivity contribution in [1.29, 1.82) is 0 Å². The number of pyridine rings is 2. The Bertz CT molecular complexity index is 1570. The first-order valence-electron chi connectivity index (χ1n) is 12.1. The fraction of sp³-hybridized carbons (Fsp3) is 0.100. The molecule has 0 unspecified atom stereocenters. The van der Waals surface area contributed by atoms with Crippen molar-refractivity contribution >= 4 is 45.4 Å². The van der Waals surface area contributed by atoms with Gasteiger partial charge in [-0.1, -0.05) is 24.3 Å². The lowest BCUT2D eigenvalue weighted by Gasteiger charge is -2.12. The van der Waals surface area contributed by atoms with Gasteiger partial charge in [0.1, 0.15) is 5.82 Å². The highest BCUT2D eigenvalue weighted by Gasteiger charge is 2.10. The van der Waals surface area contributed by atoms with Crippen LogP contribution in [0, 0.1) is 6.92 Å². The second-order valence-electron chi connectivity index (χ2n) is 8.82. The molecule has 2 heterocycles. The van der Waals surface area contributed by atoms with Crippen LogP contribution in [0.25, 0.3) is 10.9 Å². The topological polar surface area (TPSA) is 91.0 Å². The maximum Gasteiger partial charge on any atom is 0.256 e. The van der Waals surface area contributed by atoms with E-state index in [-0.39, 0.29) is 5.91 Å². The maximum absolute atomic E-state index is 13.0. The molecule has 0 fully saturated rings. The molecule has 3 aromatic carbocycles. The Morgan fingerprint density at radius 1 is 0.784 bits per heavy atom. The summed E-state index contributed by atoms with van der Waals surface area (Å²) in [5.74, 6) is 0.234. The first-order valence-corrected chi connectivity index (χ1v) is 12.1. The number of benzene rings is 3. The number of rotatable bonds is 8. The van der Waals surface area contributed by atoms with Crippen LogP contribution in [0.4, 0.5) is 28.6 Å². The van der Waals surface area contributed by atoms with E-state index in [9.17, 15) is 4.79 Å². The lowest BCUT2D eigenvalue weighted by molar-refractivity contribution is 0.102. The molecule has 7 nitrogen and oxygen atoms in total. The molecule has 0 saturated heterocycles. The molecule has 0 saturated carbocycles. The van der Waals surface area contributed by atoms with Crippen LogP contribution < -0.4 is 21.3 Å². The van der Waals surface area contributed by atoms with Crippen LogP contribution >= 0.6 is 0 Å². The van der Waals surface area contributed by atoms with Crippen LogP contribution in [0.5, 0.6) is 0 Å². The zero-order valence-electron chi connectivity index (χ0n) is 20.7. The van der Waals surface area contributed by atoms with Crippen LogP contribution in [0.15, 0.2) is 97.3 Å². The summed E-state index contributed by atoms with van der Waals surface area (Å²) in [5.41, 5.74) is 7.32. The molecule has 0 radical (unpaired) electrons. The number of aromatic nitrogens is 2. The molecule has 37 heavy (non-hydrogen) atoms. The molecule has 1 amide bonds. The van der Waals surface area contributed by atoms with Gasteiger partial charge in [-0.05, 0) is 79.7 Å². The average Bonchev–Trinajstić information content (AvgIpc) is 2.90. The van der Waals surface area contributed by atoms with Crippen molar-refractivity contribution in [2.75, 3.05) is 23.0 Å². The van der Waals surface area contributed by atoms with E-state index in [2.05, 4.69) is 49.4 Å². The fourth-order valence-corrected chi connectivity index (χ4v) is 4.16. The summed E-state index contributed by atoms with van der Waals surface area (Å²) in [6.07, 6.45) is 3.45. The van der Waals surface area contributed by atoms with Crippen LogP contribution in [0.2, 0.25) is 0 Å². The van der Waals surface area contributed by atoms with E-state index in [1.54, 1.807) is 18.5 Å². The molecule has 5 aromatic rings. The number of carbonyl (C=O) groups is 1. The summed E-state index contributed by atoms with van der Waals surface area (Å²) in [4.78, 5) is 21.8. The Hall–Kier alpha value is -4.75. The van der Waals surface area contributed by atoms with Gasteiger partial charge in [-0.2, -0.15) is 0 Å². The van der Waals surface area contributed by atoms with Crippen molar-refractivity contribution < 1.29 is 4.79 Å². The highest BCUT2D eigenvalue weighted by Crippen LogP contribution is 2.27. The van der Waals surface area contributed by atoms with E-state index in [0.717, 1.165) is 40.2 Å². The molecular weight excluding hydrogens is 460 g/mol. The number of nitrogens with zero attached hydrogens (tertiary/aromatic N) is 2. The maximum atomic E-state index is 13.0. The molecule has 2 aromatic heterocycles. The van der Waals surface area contributed by atoms with E-state index in [4.69, 9.17) is 0 Å². The van der Waals surface area contributed by atoms with Gasteiger partial charge in [0.2, 0.25) is 0 Å². The average molecular weight is 489 g/mol. The van der Waals surface area contributed by atoms with E-state index in [1.807, 2.05) is 74.6 Å². The highest BCUT2D eigenvalue weighted by molar-refractivity contribution is 6.04. The molecule has 5 rings (SSSR count). The predicted octanol–water partition coefficient (Wildman–Crippen LogP) is 6.40. The third-order valence-electron chi connectivity index (χ3n) is 5.90. The monoisotopic (exact) mass is 488 g/mol. The summed E-state index contributed by atoms with van der Waals surface area (Å²) >= 11 is 0. The van der Waals surface area contributed by atoms with Gasteiger partial charge in [-0.25, -0.2) is 4.98 Å². The number of carbonyl (C=O) groups excluding carboxylic acids is 1. The van der Waals surface area contributed by atoms with Crippen molar-refractivity contribution in [3.8, 4) is 0 Å². The summed E-state index contributed by atoms with van der Waals surface area (Å²) in [5, 5.41) is 13.9. The highest BCUT2D eigenvalue weighted by atomic mass is 16.1. The number of aryl methyl sites for hydroxylation is 1. The Labute approximate surface area is 216 Å². The van der Waals surface area contributed by atoms with Crippen LogP contribution in [0.3, 0.4) is 0 Å². The third-order valence-corrected chi connectivity index (χ3v) is 5.90. The number of hydrogen-bond acceptors (Lipinski definition) is 6. The van der Waals surface area contributed by atoms with Crippen LogP contribution in [-0.2, 0) is 6.54 Å². The van der Waals surface area contributed by atoms with E-state index in [0.29, 0.717) is 11.4 Å². The molecule has 184 valence electrons. The Balaban J connectivity index is 1.32. The molecule has 4 N–H and O–H groups in total. The Morgan fingerprint density at radius 2 is 1.57 bits per heavy atom. The minimum absolute atomic E-state index is 0.236. The first-order chi connectivity index (χ1) is 18.1. The van der Waals surface area contributed by atoms with Crippen LogP contribution in [-0.4, -0.2) is 22.9 Å². The van der Waals surface area contributed by atoms with Gasteiger partial charge in [0.15, 0.2) is 0 Å². The van der Waals surface area contributed by atoms with Gasteiger partial charge in [0, 0.05) is 58.7 Å². The van der Waals surface area contributed by atoms with Crippen molar-refractivity contribution in [2.24, 2.45) is 0 Å². The number of amides is 1.